The van der Waals surface area contributed by atoms with Crippen LogP contribution in [-0.4, -0.2) is 42.5 Å². The summed E-state index contributed by atoms with van der Waals surface area (Å²) >= 11 is 1.59. The third kappa shape index (κ3) is 3.78. The van der Waals surface area contributed by atoms with Crippen LogP contribution in [0.25, 0.3) is 0 Å². The fourth-order valence-corrected chi connectivity index (χ4v) is 3.80. The Hall–Kier alpha value is -1.04. The van der Waals surface area contributed by atoms with Crippen molar-refractivity contribution in [1.29, 1.82) is 0 Å². The fourth-order valence-electron chi connectivity index (χ4n) is 3.01. The second-order valence-corrected chi connectivity index (χ2v) is 6.91. The zero-order valence-corrected chi connectivity index (χ0v) is 12.9. The number of nitrogens with one attached hydrogen (secondary N) is 2. The van der Waals surface area contributed by atoms with Gasteiger partial charge in [-0.25, -0.2) is 0 Å². The van der Waals surface area contributed by atoms with E-state index in [0.717, 1.165) is 6.54 Å². The van der Waals surface area contributed by atoms with E-state index in [1.54, 1.807) is 11.8 Å². The molecule has 1 heterocycles. The van der Waals surface area contributed by atoms with Crippen molar-refractivity contribution < 1.29 is 9.90 Å². The number of amides is 1. The average molecular weight is 306 g/mol. The number of carbonyl (C=O) groups excluding carboxylic acids is 1. The van der Waals surface area contributed by atoms with E-state index in [2.05, 4.69) is 28.8 Å². The Morgan fingerprint density at radius 1 is 1.33 bits per heavy atom. The number of thioether (sulfide) groups is 1. The third-order valence-corrected chi connectivity index (χ3v) is 5.30. The molecule has 3 N–H and O–H groups in total. The Kier molecular flexibility index (Phi) is 4.83. The van der Waals surface area contributed by atoms with E-state index < -0.39 is 0 Å². The summed E-state index contributed by atoms with van der Waals surface area (Å²) < 4.78 is 0. The minimum Gasteiger partial charge on any atom is -0.391 e. The number of rotatable bonds is 5. The van der Waals surface area contributed by atoms with Gasteiger partial charge >= 0.3 is 0 Å². The van der Waals surface area contributed by atoms with Crippen LogP contribution in [0.4, 0.5) is 0 Å². The molecule has 2 aliphatic rings. The lowest BCUT2D eigenvalue weighted by Crippen LogP contribution is -2.35. The number of fused-ring (bicyclic) bond motifs is 1. The van der Waals surface area contributed by atoms with Crippen LogP contribution in [0.5, 0.6) is 0 Å². The molecule has 1 aliphatic heterocycles. The molecule has 0 saturated carbocycles. The third-order valence-electron chi connectivity index (χ3n) is 4.31. The molecule has 114 valence electrons. The molecule has 21 heavy (non-hydrogen) atoms. The van der Waals surface area contributed by atoms with E-state index in [9.17, 15) is 9.90 Å². The van der Waals surface area contributed by atoms with Crippen molar-refractivity contribution in [3.63, 3.8) is 0 Å². The average Bonchev–Trinajstić information content (AvgIpc) is 3.11. The van der Waals surface area contributed by atoms with Gasteiger partial charge < -0.3 is 15.7 Å². The Labute approximate surface area is 129 Å². The van der Waals surface area contributed by atoms with Crippen molar-refractivity contribution in [2.24, 2.45) is 5.92 Å². The van der Waals surface area contributed by atoms with Gasteiger partial charge in [0, 0.05) is 30.4 Å². The highest BCUT2D eigenvalue weighted by Gasteiger charge is 2.24. The molecule has 1 aliphatic carbocycles. The summed E-state index contributed by atoms with van der Waals surface area (Å²) in [7, 11) is 0. The van der Waals surface area contributed by atoms with Crippen LogP contribution in [0.1, 0.15) is 17.5 Å². The van der Waals surface area contributed by atoms with Gasteiger partial charge in [0.15, 0.2) is 0 Å². The number of aryl methyl sites for hydroxylation is 2. The van der Waals surface area contributed by atoms with Crippen molar-refractivity contribution >= 4 is 17.7 Å². The van der Waals surface area contributed by atoms with Gasteiger partial charge in [-0.2, -0.15) is 0 Å². The van der Waals surface area contributed by atoms with Gasteiger partial charge in [-0.3, -0.25) is 4.79 Å². The maximum Gasteiger partial charge on any atom is 0.230 e. The van der Waals surface area contributed by atoms with Crippen LogP contribution in [0.3, 0.4) is 0 Å². The number of hydrogen-bond donors (Lipinski definition) is 3. The molecule has 0 radical (unpaired) electrons. The Morgan fingerprint density at radius 3 is 3.00 bits per heavy atom. The highest BCUT2D eigenvalue weighted by atomic mass is 32.2. The van der Waals surface area contributed by atoms with E-state index in [4.69, 9.17) is 0 Å². The summed E-state index contributed by atoms with van der Waals surface area (Å²) in [6, 6.07) is 6.54. The van der Waals surface area contributed by atoms with E-state index in [0.29, 0.717) is 18.8 Å². The first kappa shape index (κ1) is 14.9. The second kappa shape index (κ2) is 6.81. The smallest absolute Gasteiger partial charge is 0.230 e. The van der Waals surface area contributed by atoms with Crippen molar-refractivity contribution in [3.05, 3.63) is 29.3 Å². The maximum atomic E-state index is 11.9. The molecule has 2 atom stereocenters. The van der Waals surface area contributed by atoms with Crippen molar-refractivity contribution in [2.45, 2.75) is 30.3 Å². The minimum absolute atomic E-state index is 0.0413. The molecule has 1 fully saturated rings. The lowest BCUT2D eigenvalue weighted by molar-refractivity contribution is -0.118. The number of benzene rings is 1. The second-order valence-electron chi connectivity index (χ2n) is 5.86. The molecule has 5 heteroatoms. The highest BCUT2D eigenvalue weighted by Crippen LogP contribution is 2.27. The molecule has 1 aromatic rings. The van der Waals surface area contributed by atoms with Gasteiger partial charge in [0.25, 0.3) is 0 Å². The van der Waals surface area contributed by atoms with E-state index in [1.165, 1.54) is 35.3 Å². The van der Waals surface area contributed by atoms with Crippen LogP contribution in [0, 0.1) is 5.92 Å². The molecule has 0 spiro atoms. The molecule has 3 rings (SSSR count). The summed E-state index contributed by atoms with van der Waals surface area (Å²) in [4.78, 5) is 13.1. The summed E-state index contributed by atoms with van der Waals surface area (Å²) in [5.41, 5.74) is 2.91. The topological polar surface area (TPSA) is 61.4 Å². The molecule has 1 amide bonds. The van der Waals surface area contributed by atoms with Gasteiger partial charge in [-0.05, 0) is 42.5 Å². The van der Waals surface area contributed by atoms with E-state index >= 15 is 0 Å². The van der Waals surface area contributed by atoms with Gasteiger partial charge in [0.1, 0.15) is 0 Å². The number of β-amino-alcohol motifs (C(OH)–C–C–N with tert-alkyl or cyclic N) is 1. The summed E-state index contributed by atoms with van der Waals surface area (Å²) in [5.74, 6) is 0.619. The molecule has 0 bridgehead atoms. The van der Waals surface area contributed by atoms with E-state index in [1.807, 2.05) is 0 Å². The normalized spacial score (nSPS) is 24.0. The van der Waals surface area contributed by atoms with Crippen molar-refractivity contribution in [2.75, 3.05) is 25.4 Å². The standard InChI is InChI=1S/C16H22N2O2S/c19-15-9-17-7-13(15)8-18-16(20)10-21-14-5-4-11-2-1-3-12(11)6-14/h4-6,13,15,17,19H,1-3,7-10H2,(H,18,20). The molecular formula is C16H22N2O2S. The Balaban J connectivity index is 1.43. The lowest BCUT2D eigenvalue weighted by atomic mass is 10.1. The van der Waals surface area contributed by atoms with Crippen LogP contribution < -0.4 is 10.6 Å². The molecule has 0 aromatic heterocycles. The number of hydrogen-bond acceptors (Lipinski definition) is 4. The predicted octanol–water partition coefficient (Wildman–Crippen LogP) is 0.964. The summed E-state index contributed by atoms with van der Waals surface area (Å²) in [6.07, 6.45) is 3.28. The van der Waals surface area contributed by atoms with Gasteiger partial charge in [0.05, 0.1) is 11.9 Å². The quantitative estimate of drug-likeness (QED) is 0.709. The number of carbonyl (C=O) groups is 1. The molecular weight excluding hydrogens is 284 g/mol. The molecule has 4 nitrogen and oxygen atoms in total. The first-order valence-electron chi connectivity index (χ1n) is 7.62. The van der Waals surface area contributed by atoms with Crippen LogP contribution in [0.2, 0.25) is 0 Å². The number of aliphatic hydroxyl groups is 1. The highest BCUT2D eigenvalue weighted by molar-refractivity contribution is 8.00. The fraction of sp³-hybridized carbons (Fsp3) is 0.562. The zero-order chi connectivity index (χ0) is 14.7. The molecule has 1 aromatic carbocycles. The SMILES string of the molecule is O=C(CSc1ccc2c(c1)CCC2)NCC1CNCC1O. The van der Waals surface area contributed by atoms with Crippen molar-refractivity contribution in [1.82, 2.24) is 10.6 Å². The largest absolute Gasteiger partial charge is 0.391 e. The summed E-state index contributed by atoms with van der Waals surface area (Å²) in [5, 5.41) is 15.7. The van der Waals surface area contributed by atoms with Crippen LogP contribution in [-0.2, 0) is 17.6 Å². The number of aliphatic hydroxyl groups excluding tert-OH is 1. The molecule has 1 saturated heterocycles. The zero-order valence-electron chi connectivity index (χ0n) is 12.1. The Bertz CT molecular complexity index is 521. The summed E-state index contributed by atoms with van der Waals surface area (Å²) in [6.45, 7) is 1.96. The maximum absolute atomic E-state index is 11.9. The van der Waals surface area contributed by atoms with E-state index in [-0.39, 0.29) is 17.9 Å². The molecule has 2 unspecified atom stereocenters. The minimum atomic E-state index is -0.338. The van der Waals surface area contributed by atoms with Gasteiger partial charge in [-0.1, -0.05) is 6.07 Å². The first-order chi connectivity index (χ1) is 10.2. The first-order valence-corrected chi connectivity index (χ1v) is 8.61. The van der Waals surface area contributed by atoms with Crippen molar-refractivity contribution in [3.8, 4) is 0 Å². The van der Waals surface area contributed by atoms with Gasteiger partial charge in [0.2, 0.25) is 5.91 Å². The van der Waals surface area contributed by atoms with Gasteiger partial charge in [-0.15, -0.1) is 11.8 Å². The lowest BCUT2D eigenvalue weighted by Gasteiger charge is -2.14. The predicted molar refractivity (Wildman–Crippen MR) is 84.6 cm³/mol. The Morgan fingerprint density at radius 2 is 2.19 bits per heavy atom. The van der Waals surface area contributed by atoms with Crippen LogP contribution in [0.15, 0.2) is 23.1 Å². The van der Waals surface area contributed by atoms with Crippen LogP contribution >= 0.6 is 11.8 Å². The monoisotopic (exact) mass is 306 g/mol.